The zero-order valence-corrected chi connectivity index (χ0v) is 10.5. The monoisotopic (exact) mass is 206 g/mol. The number of rotatable bonds is 8. The largest absolute Gasteiger partial charge is 0.127 e. The van der Waals surface area contributed by atoms with Gasteiger partial charge in [0.2, 0.25) is 0 Å². The van der Waals surface area contributed by atoms with Crippen LogP contribution in [0.5, 0.6) is 0 Å². The van der Waals surface area contributed by atoms with Gasteiger partial charge in [-0.25, -0.2) is 0 Å². The van der Waals surface area contributed by atoms with Gasteiger partial charge in [0.1, 0.15) is 0 Å². The molecule has 0 radical (unpaired) electrons. The Morgan fingerprint density at radius 1 is 0.833 bits per heavy atom. The van der Waals surface area contributed by atoms with Gasteiger partial charge in [-0.05, 0) is 6.42 Å². The van der Waals surface area contributed by atoms with E-state index in [1.165, 1.54) is 44.6 Å². The maximum Gasteiger partial charge on any atom is 0.0305 e. The Labute approximate surface area is 84.3 Å². The summed E-state index contributed by atoms with van der Waals surface area (Å²) in [5.74, 6) is 0.846. The lowest BCUT2D eigenvalue weighted by Crippen LogP contribution is -1.97. The summed E-state index contributed by atoms with van der Waals surface area (Å²) in [7, 11) is -0.256. The van der Waals surface area contributed by atoms with Gasteiger partial charge in [-0.3, -0.25) is 0 Å². The molecular formula is C10H23ClSi. The van der Waals surface area contributed by atoms with E-state index >= 15 is 0 Å². The second-order valence-electron chi connectivity index (χ2n) is 3.99. The van der Waals surface area contributed by atoms with Crippen LogP contribution in [-0.4, -0.2) is 14.7 Å². The molecule has 0 unspecified atom stereocenters. The molecule has 0 aromatic rings. The molecule has 0 nitrogen and oxygen atoms in total. The van der Waals surface area contributed by atoms with Gasteiger partial charge in [0, 0.05) is 14.7 Å². The molecule has 0 saturated heterocycles. The van der Waals surface area contributed by atoms with Gasteiger partial charge in [0.25, 0.3) is 0 Å². The molecule has 0 amide bonds. The lowest BCUT2D eigenvalue weighted by molar-refractivity contribution is 0.625. The quantitative estimate of drug-likeness (QED) is 0.319. The third-order valence-corrected chi connectivity index (χ3v) is 4.00. The summed E-state index contributed by atoms with van der Waals surface area (Å²) in [5.41, 5.74) is 0. The standard InChI is InChI=1S/C10H23ClSi/c1-12(2)10-8-6-4-3-5-7-9-11/h12H,3-10H2,1-2H3. The van der Waals surface area contributed by atoms with Crippen molar-refractivity contribution in [2.45, 2.75) is 57.7 Å². The zero-order valence-electron chi connectivity index (χ0n) is 8.61. The minimum absolute atomic E-state index is 0.256. The zero-order chi connectivity index (χ0) is 9.23. The topological polar surface area (TPSA) is 0 Å². The predicted molar refractivity (Wildman–Crippen MR) is 62.1 cm³/mol. The van der Waals surface area contributed by atoms with Crippen LogP contribution in [0, 0.1) is 0 Å². The summed E-state index contributed by atoms with van der Waals surface area (Å²) in [6.07, 6.45) is 8.30. The van der Waals surface area contributed by atoms with Crippen LogP contribution in [0.15, 0.2) is 0 Å². The molecule has 0 aliphatic carbocycles. The molecule has 12 heavy (non-hydrogen) atoms. The van der Waals surface area contributed by atoms with E-state index < -0.39 is 0 Å². The minimum atomic E-state index is -0.256. The van der Waals surface area contributed by atoms with Crippen molar-refractivity contribution in [1.29, 1.82) is 0 Å². The van der Waals surface area contributed by atoms with Crippen LogP contribution < -0.4 is 0 Å². The molecule has 0 atom stereocenters. The SMILES string of the molecule is C[SiH](C)CCCCCCCCCl. The lowest BCUT2D eigenvalue weighted by atomic mass is 10.1. The van der Waals surface area contributed by atoms with Crippen molar-refractivity contribution in [2.75, 3.05) is 5.88 Å². The lowest BCUT2D eigenvalue weighted by Gasteiger charge is -2.02. The van der Waals surface area contributed by atoms with Gasteiger partial charge >= 0.3 is 0 Å². The van der Waals surface area contributed by atoms with E-state index in [9.17, 15) is 0 Å². The molecule has 0 aromatic carbocycles. The highest BCUT2D eigenvalue weighted by atomic mass is 35.5. The maximum atomic E-state index is 5.59. The van der Waals surface area contributed by atoms with Crippen molar-refractivity contribution in [2.24, 2.45) is 0 Å². The summed E-state index contributed by atoms with van der Waals surface area (Å²) in [6, 6.07) is 1.54. The summed E-state index contributed by atoms with van der Waals surface area (Å²) in [5, 5.41) is 0. The number of hydrogen-bond donors (Lipinski definition) is 0. The Hall–Kier alpha value is 0.507. The fraction of sp³-hybridized carbons (Fsp3) is 1.00. The Morgan fingerprint density at radius 3 is 1.83 bits per heavy atom. The van der Waals surface area contributed by atoms with E-state index in [0.717, 1.165) is 5.88 Å². The summed E-state index contributed by atoms with van der Waals surface area (Å²) < 4.78 is 0. The number of unbranched alkanes of at least 4 members (excludes halogenated alkanes) is 5. The van der Waals surface area contributed by atoms with Crippen LogP contribution in [0.1, 0.15) is 38.5 Å². The van der Waals surface area contributed by atoms with E-state index in [2.05, 4.69) is 13.1 Å². The summed E-state index contributed by atoms with van der Waals surface area (Å²) in [6.45, 7) is 4.88. The number of hydrogen-bond acceptors (Lipinski definition) is 0. The Bertz CT molecular complexity index is 83.9. The number of alkyl halides is 1. The molecule has 0 fully saturated rings. The minimum Gasteiger partial charge on any atom is -0.127 e. The molecule has 0 bridgehead atoms. The Balaban J connectivity index is 2.82. The highest BCUT2D eigenvalue weighted by molar-refractivity contribution is 6.55. The summed E-state index contributed by atoms with van der Waals surface area (Å²) in [4.78, 5) is 0. The van der Waals surface area contributed by atoms with Crippen LogP contribution >= 0.6 is 11.6 Å². The number of halogens is 1. The molecule has 0 rings (SSSR count). The molecule has 74 valence electrons. The molecule has 0 saturated carbocycles. The predicted octanol–water partition coefficient (Wildman–Crippen LogP) is 4.05. The molecule has 0 aromatic heterocycles. The first-order chi connectivity index (χ1) is 5.77. The average molecular weight is 207 g/mol. The van der Waals surface area contributed by atoms with Crippen LogP contribution in [0.2, 0.25) is 19.1 Å². The van der Waals surface area contributed by atoms with Gasteiger partial charge in [-0.1, -0.05) is 51.2 Å². The first kappa shape index (κ1) is 12.5. The fourth-order valence-corrected chi connectivity index (χ4v) is 2.65. The van der Waals surface area contributed by atoms with E-state index in [-0.39, 0.29) is 8.80 Å². The van der Waals surface area contributed by atoms with Gasteiger partial charge < -0.3 is 0 Å². The van der Waals surface area contributed by atoms with E-state index in [1.807, 2.05) is 0 Å². The van der Waals surface area contributed by atoms with Crippen molar-refractivity contribution in [3.8, 4) is 0 Å². The first-order valence-electron chi connectivity index (χ1n) is 5.33. The molecule has 0 N–H and O–H groups in total. The van der Waals surface area contributed by atoms with Gasteiger partial charge in [-0.2, -0.15) is 0 Å². The Morgan fingerprint density at radius 2 is 1.33 bits per heavy atom. The normalized spacial score (nSPS) is 11.0. The van der Waals surface area contributed by atoms with Crippen molar-refractivity contribution < 1.29 is 0 Å². The molecular weight excluding hydrogens is 184 g/mol. The average Bonchev–Trinajstić information content (AvgIpc) is 2.02. The van der Waals surface area contributed by atoms with E-state index in [0.29, 0.717) is 0 Å². The molecule has 0 spiro atoms. The van der Waals surface area contributed by atoms with Gasteiger partial charge in [0.05, 0.1) is 0 Å². The van der Waals surface area contributed by atoms with Crippen LogP contribution in [0.25, 0.3) is 0 Å². The van der Waals surface area contributed by atoms with Crippen LogP contribution in [-0.2, 0) is 0 Å². The van der Waals surface area contributed by atoms with Crippen molar-refractivity contribution in [3.63, 3.8) is 0 Å². The van der Waals surface area contributed by atoms with Gasteiger partial charge in [0.15, 0.2) is 0 Å². The highest BCUT2D eigenvalue weighted by Crippen LogP contribution is 2.09. The molecule has 2 heteroatoms. The highest BCUT2D eigenvalue weighted by Gasteiger charge is 1.95. The second-order valence-corrected chi connectivity index (χ2v) is 7.74. The third-order valence-electron chi connectivity index (χ3n) is 2.17. The van der Waals surface area contributed by atoms with E-state index in [1.54, 1.807) is 0 Å². The maximum absolute atomic E-state index is 5.59. The van der Waals surface area contributed by atoms with Crippen LogP contribution in [0.4, 0.5) is 0 Å². The smallest absolute Gasteiger partial charge is 0.0305 e. The molecule has 0 heterocycles. The van der Waals surface area contributed by atoms with Crippen molar-refractivity contribution in [3.05, 3.63) is 0 Å². The van der Waals surface area contributed by atoms with Crippen molar-refractivity contribution in [1.82, 2.24) is 0 Å². The molecule has 0 aliphatic heterocycles. The Kier molecular flexibility index (Phi) is 10.00. The first-order valence-corrected chi connectivity index (χ1v) is 8.99. The second kappa shape index (κ2) is 9.59. The van der Waals surface area contributed by atoms with Crippen molar-refractivity contribution >= 4 is 20.4 Å². The molecule has 0 aliphatic rings. The summed E-state index contributed by atoms with van der Waals surface area (Å²) >= 11 is 5.59. The fourth-order valence-electron chi connectivity index (χ4n) is 1.35. The third kappa shape index (κ3) is 10.5. The van der Waals surface area contributed by atoms with Crippen LogP contribution in [0.3, 0.4) is 0 Å². The van der Waals surface area contributed by atoms with Gasteiger partial charge in [-0.15, -0.1) is 11.6 Å². The van der Waals surface area contributed by atoms with E-state index in [4.69, 9.17) is 11.6 Å².